The van der Waals surface area contributed by atoms with Crippen LogP contribution in [0.1, 0.15) is 0 Å². The molecule has 0 fully saturated rings. The maximum atomic E-state index is 14.2. The van der Waals surface area contributed by atoms with Crippen molar-refractivity contribution >= 4 is 22.0 Å². The van der Waals surface area contributed by atoms with Gasteiger partial charge in [-0.05, 0) is 36.4 Å². The molecular formula is C19H13FN4OS. The highest BCUT2D eigenvalue weighted by Crippen LogP contribution is 2.30. The van der Waals surface area contributed by atoms with Gasteiger partial charge >= 0.3 is 0 Å². The Balaban J connectivity index is 1.92. The predicted octanol–water partition coefficient (Wildman–Crippen LogP) is 3.48. The molecule has 0 saturated heterocycles. The summed E-state index contributed by atoms with van der Waals surface area (Å²) < 4.78 is 25.7. The van der Waals surface area contributed by atoms with Gasteiger partial charge in [-0.3, -0.25) is 9.97 Å². The van der Waals surface area contributed by atoms with Gasteiger partial charge in [0.05, 0.1) is 27.8 Å². The van der Waals surface area contributed by atoms with Crippen LogP contribution in [0.4, 0.5) is 4.39 Å². The Hall–Kier alpha value is -3.03. The van der Waals surface area contributed by atoms with Crippen LogP contribution in [-0.4, -0.2) is 19.2 Å². The lowest BCUT2D eigenvalue weighted by Gasteiger charge is -2.09. The first-order valence-corrected chi connectivity index (χ1v) is 8.97. The van der Waals surface area contributed by atoms with Crippen LogP contribution in [-0.2, 0) is 11.0 Å². The van der Waals surface area contributed by atoms with E-state index in [1.165, 1.54) is 12.4 Å². The van der Waals surface area contributed by atoms with Gasteiger partial charge in [0.1, 0.15) is 16.8 Å². The zero-order valence-electron chi connectivity index (χ0n) is 13.5. The van der Waals surface area contributed by atoms with Crippen LogP contribution < -0.4 is 5.14 Å². The number of rotatable bonds is 3. The summed E-state index contributed by atoms with van der Waals surface area (Å²) >= 11 is 0. The highest BCUT2D eigenvalue weighted by atomic mass is 32.2. The molecule has 0 amide bonds. The van der Waals surface area contributed by atoms with Crippen LogP contribution in [0.5, 0.6) is 0 Å². The molecule has 3 aromatic heterocycles. The van der Waals surface area contributed by atoms with E-state index >= 15 is 0 Å². The number of fused-ring (bicyclic) bond motifs is 1. The van der Waals surface area contributed by atoms with Gasteiger partial charge in [0.2, 0.25) is 0 Å². The molecular weight excluding hydrogens is 351 g/mol. The maximum Gasteiger partial charge on any atom is 0.149 e. The fourth-order valence-corrected chi connectivity index (χ4v) is 3.23. The van der Waals surface area contributed by atoms with Crippen LogP contribution in [0.25, 0.3) is 33.4 Å². The third-order valence-electron chi connectivity index (χ3n) is 4.01. The summed E-state index contributed by atoms with van der Waals surface area (Å²) in [4.78, 5) is 13.3. The van der Waals surface area contributed by atoms with Crippen molar-refractivity contribution in [3.05, 3.63) is 72.9 Å². The molecule has 0 aliphatic rings. The molecule has 0 saturated carbocycles. The molecule has 26 heavy (non-hydrogen) atoms. The number of benzene rings is 1. The summed E-state index contributed by atoms with van der Waals surface area (Å²) in [6, 6.07) is 14.0. The normalized spacial score (nSPS) is 12.2. The second-order valence-corrected chi connectivity index (χ2v) is 6.67. The van der Waals surface area contributed by atoms with Gasteiger partial charge in [0, 0.05) is 29.1 Å². The Kier molecular flexibility index (Phi) is 4.24. The van der Waals surface area contributed by atoms with E-state index in [9.17, 15) is 8.60 Å². The lowest BCUT2D eigenvalue weighted by molar-refractivity contribution is 0.625. The minimum atomic E-state index is -1.57. The first-order valence-electron chi connectivity index (χ1n) is 7.76. The van der Waals surface area contributed by atoms with Gasteiger partial charge in [-0.2, -0.15) is 0 Å². The SMILES string of the molecule is NS(=O)c1cccc(-c2ccc3nccc(-c4ccncc4F)c3n2)c1. The second-order valence-electron chi connectivity index (χ2n) is 5.60. The van der Waals surface area contributed by atoms with Gasteiger partial charge in [0.25, 0.3) is 0 Å². The topological polar surface area (TPSA) is 81.8 Å². The molecule has 4 aromatic rings. The molecule has 7 heteroatoms. The third-order valence-corrected chi connectivity index (χ3v) is 4.73. The number of halogens is 1. The number of nitrogens with two attached hydrogens (primary N) is 1. The molecule has 128 valence electrons. The number of nitrogens with zero attached hydrogens (tertiary/aromatic N) is 3. The summed E-state index contributed by atoms with van der Waals surface area (Å²) in [6.45, 7) is 0. The van der Waals surface area contributed by atoms with Crippen molar-refractivity contribution in [1.82, 2.24) is 15.0 Å². The first kappa shape index (κ1) is 16.4. The van der Waals surface area contributed by atoms with Crippen molar-refractivity contribution in [1.29, 1.82) is 0 Å². The fraction of sp³-hybridized carbons (Fsp3) is 0. The minimum Gasteiger partial charge on any atom is -0.262 e. The van der Waals surface area contributed by atoms with Crippen molar-refractivity contribution in [3.63, 3.8) is 0 Å². The maximum absolute atomic E-state index is 14.2. The third kappa shape index (κ3) is 2.98. The van der Waals surface area contributed by atoms with E-state index < -0.39 is 16.8 Å². The van der Waals surface area contributed by atoms with E-state index in [2.05, 4.69) is 15.0 Å². The molecule has 1 unspecified atom stereocenters. The van der Waals surface area contributed by atoms with Gasteiger partial charge in [-0.1, -0.05) is 12.1 Å². The number of hydrogen-bond donors (Lipinski definition) is 1. The average molecular weight is 364 g/mol. The van der Waals surface area contributed by atoms with Crippen molar-refractivity contribution in [2.24, 2.45) is 5.14 Å². The Bertz CT molecular complexity index is 1150. The van der Waals surface area contributed by atoms with Crippen LogP contribution in [0.15, 0.2) is 72.0 Å². The Morgan fingerprint density at radius 3 is 2.65 bits per heavy atom. The van der Waals surface area contributed by atoms with E-state index in [1.54, 1.807) is 36.5 Å². The number of hydrogen-bond acceptors (Lipinski definition) is 4. The Morgan fingerprint density at radius 2 is 1.85 bits per heavy atom. The zero-order chi connectivity index (χ0) is 18.1. The molecule has 4 rings (SSSR count). The van der Waals surface area contributed by atoms with E-state index in [1.807, 2.05) is 18.2 Å². The molecule has 0 aliphatic heterocycles. The van der Waals surface area contributed by atoms with Crippen LogP contribution in [0, 0.1) is 5.82 Å². The van der Waals surface area contributed by atoms with Gasteiger partial charge < -0.3 is 0 Å². The first-order chi connectivity index (χ1) is 12.6. The molecule has 0 radical (unpaired) electrons. The fourth-order valence-electron chi connectivity index (χ4n) is 2.78. The van der Waals surface area contributed by atoms with Crippen molar-refractivity contribution < 1.29 is 8.60 Å². The molecule has 5 nitrogen and oxygen atoms in total. The Morgan fingerprint density at radius 1 is 1.00 bits per heavy atom. The van der Waals surface area contributed by atoms with Crippen LogP contribution in [0.3, 0.4) is 0 Å². The summed E-state index contributed by atoms with van der Waals surface area (Å²) in [7, 11) is -1.57. The van der Waals surface area contributed by atoms with E-state index in [0.29, 0.717) is 32.7 Å². The van der Waals surface area contributed by atoms with E-state index in [4.69, 9.17) is 5.14 Å². The van der Waals surface area contributed by atoms with Gasteiger partial charge in [-0.25, -0.2) is 18.7 Å². The summed E-state index contributed by atoms with van der Waals surface area (Å²) in [5.41, 5.74) is 3.71. The molecule has 1 atom stereocenters. The van der Waals surface area contributed by atoms with Gasteiger partial charge in [-0.15, -0.1) is 0 Å². The average Bonchev–Trinajstić information content (AvgIpc) is 2.68. The second kappa shape index (κ2) is 6.70. The number of pyridine rings is 3. The molecule has 0 spiro atoms. The molecule has 2 N–H and O–H groups in total. The monoisotopic (exact) mass is 364 g/mol. The van der Waals surface area contributed by atoms with Crippen LogP contribution in [0.2, 0.25) is 0 Å². The highest BCUT2D eigenvalue weighted by molar-refractivity contribution is 7.82. The van der Waals surface area contributed by atoms with Gasteiger partial charge in [0.15, 0.2) is 0 Å². The Labute approximate surface area is 151 Å². The summed E-state index contributed by atoms with van der Waals surface area (Å²) in [5.74, 6) is -0.423. The van der Waals surface area contributed by atoms with E-state index in [0.717, 1.165) is 5.56 Å². The van der Waals surface area contributed by atoms with Crippen molar-refractivity contribution in [2.45, 2.75) is 4.90 Å². The van der Waals surface area contributed by atoms with Crippen molar-refractivity contribution in [3.8, 4) is 22.4 Å². The standard InChI is InChI=1S/C19H13FN4OS/c20-16-11-22-8-6-14(16)15-7-9-23-18-5-4-17(24-19(15)18)12-2-1-3-13(10-12)26(21)25/h1-11H,21H2. The van der Waals surface area contributed by atoms with E-state index in [-0.39, 0.29) is 0 Å². The lowest BCUT2D eigenvalue weighted by Crippen LogP contribution is -2.02. The zero-order valence-corrected chi connectivity index (χ0v) is 14.3. The lowest BCUT2D eigenvalue weighted by atomic mass is 10.0. The molecule has 0 bridgehead atoms. The summed E-state index contributed by atoms with van der Waals surface area (Å²) in [6.07, 6.45) is 4.33. The predicted molar refractivity (Wildman–Crippen MR) is 98.8 cm³/mol. The minimum absolute atomic E-state index is 0.411. The molecule has 0 aliphatic carbocycles. The van der Waals surface area contributed by atoms with Crippen molar-refractivity contribution in [2.75, 3.05) is 0 Å². The molecule has 1 aromatic carbocycles. The number of aromatic nitrogens is 3. The largest absolute Gasteiger partial charge is 0.262 e. The highest BCUT2D eigenvalue weighted by Gasteiger charge is 2.12. The quantitative estimate of drug-likeness (QED) is 0.603. The summed E-state index contributed by atoms with van der Waals surface area (Å²) in [5, 5.41) is 5.46. The smallest absolute Gasteiger partial charge is 0.149 e. The van der Waals surface area contributed by atoms with Crippen LogP contribution >= 0.6 is 0 Å². The molecule has 3 heterocycles.